The van der Waals surface area contributed by atoms with Crippen molar-refractivity contribution in [1.82, 2.24) is 0 Å². The van der Waals surface area contributed by atoms with Crippen LogP contribution >= 0.6 is 0 Å². The van der Waals surface area contributed by atoms with Gasteiger partial charge in [-0.3, -0.25) is 9.59 Å². The van der Waals surface area contributed by atoms with E-state index in [1.807, 2.05) is 6.07 Å². The molecule has 0 bridgehead atoms. The lowest BCUT2D eigenvalue weighted by atomic mass is 10.2. The highest BCUT2D eigenvalue weighted by atomic mass is 16.5. The number of carbonyl (C=O) groups is 2. The third-order valence-electron chi connectivity index (χ3n) is 1.81. The number of carbonyl (C=O) groups excluding carboxylic acids is 1. The topological polar surface area (TPSA) is 87.4 Å². The molecule has 0 aromatic heterocycles. The lowest BCUT2D eigenvalue weighted by molar-refractivity contribution is -0.143. The lowest BCUT2D eigenvalue weighted by Gasteiger charge is -1.99. The van der Waals surface area contributed by atoms with Crippen molar-refractivity contribution in [1.29, 1.82) is 5.26 Å². The van der Waals surface area contributed by atoms with E-state index in [-0.39, 0.29) is 25.4 Å². The summed E-state index contributed by atoms with van der Waals surface area (Å²) in [5.74, 6) is 4.09. The van der Waals surface area contributed by atoms with E-state index in [0.717, 1.165) is 0 Å². The second kappa shape index (κ2) is 10.5. The number of nitrogens with zero attached hydrogens (tertiary/aromatic N) is 1. The fraction of sp³-hybridized carbons (Fsp3) is 0.583. The third-order valence-corrected chi connectivity index (χ3v) is 1.81. The summed E-state index contributed by atoms with van der Waals surface area (Å²) in [6.45, 7) is 0.0309. The standard InChI is InChI=1S/C12H15NO4/c13-9-5-1-2-6-10-17-12(16)8-4-3-7-11(14)15/h1,3-5,7-8,10H2,(H,14,15). The Kier molecular flexibility index (Phi) is 9.26. The zero-order chi connectivity index (χ0) is 12.9. The predicted molar refractivity (Wildman–Crippen MR) is 59.7 cm³/mol. The molecule has 0 aromatic rings. The number of nitriles is 1. The van der Waals surface area contributed by atoms with Crippen LogP contribution in [-0.4, -0.2) is 23.7 Å². The molecule has 0 atom stereocenters. The summed E-state index contributed by atoms with van der Waals surface area (Å²) in [5.41, 5.74) is 0. The molecule has 1 N–H and O–H groups in total. The van der Waals surface area contributed by atoms with Gasteiger partial charge in [0, 0.05) is 25.7 Å². The minimum atomic E-state index is -0.860. The maximum atomic E-state index is 11.1. The first-order valence-corrected chi connectivity index (χ1v) is 5.37. The SMILES string of the molecule is N#CCCC#CCOC(=O)CCCCC(=O)O. The van der Waals surface area contributed by atoms with Gasteiger partial charge >= 0.3 is 11.9 Å². The van der Waals surface area contributed by atoms with E-state index in [1.165, 1.54) is 0 Å². The first-order chi connectivity index (χ1) is 8.16. The molecule has 5 nitrogen and oxygen atoms in total. The minimum absolute atomic E-state index is 0.0309. The monoisotopic (exact) mass is 237 g/mol. The van der Waals surface area contributed by atoms with Gasteiger partial charge in [0.15, 0.2) is 6.61 Å². The number of aliphatic carboxylic acids is 1. The fourth-order valence-corrected chi connectivity index (χ4v) is 0.992. The summed E-state index contributed by atoms with van der Waals surface area (Å²) in [6.07, 6.45) is 2.11. The number of carboxylic acids is 1. The van der Waals surface area contributed by atoms with Gasteiger partial charge in [-0.25, -0.2) is 0 Å². The summed E-state index contributed by atoms with van der Waals surface area (Å²) in [7, 11) is 0. The number of hydrogen-bond acceptors (Lipinski definition) is 4. The summed E-state index contributed by atoms with van der Waals surface area (Å²) >= 11 is 0. The zero-order valence-corrected chi connectivity index (χ0v) is 9.57. The molecule has 0 aliphatic heterocycles. The second-order valence-corrected chi connectivity index (χ2v) is 3.27. The second-order valence-electron chi connectivity index (χ2n) is 3.27. The zero-order valence-electron chi connectivity index (χ0n) is 9.57. The van der Waals surface area contributed by atoms with Crippen LogP contribution in [0, 0.1) is 23.2 Å². The maximum Gasteiger partial charge on any atom is 0.306 e. The summed E-state index contributed by atoms with van der Waals surface area (Å²) < 4.78 is 4.79. The van der Waals surface area contributed by atoms with Crippen molar-refractivity contribution in [3.63, 3.8) is 0 Å². The summed E-state index contributed by atoms with van der Waals surface area (Å²) in [5, 5.41) is 16.6. The molecule has 0 aliphatic rings. The number of ether oxygens (including phenoxy) is 1. The van der Waals surface area contributed by atoms with Crippen molar-refractivity contribution in [2.75, 3.05) is 6.61 Å². The molecule has 0 rings (SSSR count). The molecule has 0 saturated carbocycles. The van der Waals surface area contributed by atoms with E-state index in [0.29, 0.717) is 25.7 Å². The largest absolute Gasteiger partial charge is 0.481 e. The molecular weight excluding hydrogens is 222 g/mol. The van der Waals surface area contributed by atoms with Crippen LogP contribution in [0.2, 0.25) is 0 Å². The molecule has 0 spiro atoms. The van der Waals surface area contributed by atoms with Crippen LogP contribution in [0.25, 0.3) is 0 Å². The predicted octanol–water partition coefficient (Wildman–Crippen LogP) is 1.48. The quantitative estimate of drug-likeness (QED) is 0.411. The molecule has 0 aliphatic carbocycles. The summed E-state index contributed by atoms with van der Waals surface area (Å²) in [6, 6.07) is 1.95. The Morgan fingerprint density at radius 2 is 1.82 bits per heavy atom. The number of carboxylic acid groups (broad SMARTS) is 1. The van der Waals surface area contributed by atoms with E-state index in [9.17, 15) is 9.59 Å². The maximum absolute atomic E-state index is 11.1. The van der Waals surface area contributed by atoms with Gasteiger partial charge in [0.2, 0.25) is 0 Å². The Hall–Kier alpha value is -2.01. The molecule has 0 aromatic carbocycles. The Morgan fingerprint density at radius 3 is 2.47 bits per heavy atom. The number of rotatable bonds is 7. The van der Waals surface area contributed by atoms with Crippen LogP contribution < -0.4 is 0 Å². The number of esters is 1. The number of unbranched alkanes of at least 4 members (excludes halogenated alkanes) is 2. The normalized spacial score (nSPS) is 8.65. The average molecular weight is 237 g/mol. The van der Waals surface area contributed by atoms with Crippen molar-refractivity contribution in [2.24, 2.45) is 0 Å². The molecule has 0 unspecified atom stereocenters. The van der Waals surface area contributed by atoms with Crippen LogP contribution in [0.15, 0.2) is 0 Å². The van der Waals surface area contributed by atoms with Gasteiger partial charge in [-0.15, -0.1) is 0 Å². The Bertz CT molecular complexity index is 346. The van der Waals surface area contributed by atoms with Crippen LogP contribution in [0.5, 0.6) is 0 Å². The molecule has 17 heavy (non-hydrogen) atoms. The fourth-order valence-electron chi connectivity index (χ4n) is 0.992. The van der Waals surface area contributed by atoms with Crippen LogP contribution in [0.3, 0.4) is 0 Å². The van der Waals surface area contributed by atoms with Gasteiger partial charge in [0.25, 0.3) is 0 Å². The molecule has 0 saturated heterocycles. The molecule has 5 heteroatoms. The molecular formula is C12H15NO4. The highest BCUT2D eigenvalue weighted by Crippen LogP contribution is 2.01. The van der Waals surface area contributed by atoms with Crippen molar-refractivity contribution in [2.45, 2.75) is 38.5 Å². The Morgan fingerprint density at radius 1 is 1.12 bits per heavy atom. The van der Waals surface area contributed by atoms with E-state index in [2.05, 4.69) is 11.8 Å². The highest BCUT2D eigenvalue weighted by Gasteiger charge is 2.02. The van der Waals surface area contributed by atoms with Gasteiger partial charge in [-0.05, 0) is 12.8 Å². The molecule has 0 heterocycles. The Labute approximate surface area is 100 Å². The molecule has 0 amide bonds. The van der Waals surface area contributed by atoms with Gasteiger partial charge in [-0.2, -0.15) is 5.26 Å². The molecule has 0 radical (unpaired) electrons. The third kappa shape index (κ3) is 11.9. The van der Waals surface area contributed by atoms with Crippen molar-refractivity contribution < 1.29 is 19.4 Å². The van der Waals surface area contributed by atoms with E-state index >= 15 is 0 Å². The first-order valence-electron chi connectivity index (χ1n) is 5.37. The molecule has 0 fully saturated rings. The van der Waals surface area contributed by atoms with Gasteiger partial charge < -0.3 is 9.84 Å². The van der Waals surface area contributed by atoms with Crippen molar-refractivity contribution in [3.8, 4) is 17.9 Å². The lowest BCUT2D eigenvalue weighted by Crippen LogP contribution is -2.05. The Balaban J connectivity index is 3.43. The first kappa shape index (κ1) is 15.0. The van der Waals surface area contributed by atoms with E-state index < -0.39 is 5.97 Å². The van der Waals surface area contributed by atoms with E-state index in [1.54, 1.807) is 0 Å². The average Bonchev–Trinajstić information content (AvgIpc) is 2.29. The smallest absolute Gasteiger partial charge is 0.306 e. The van der Waals surface area contributed by atoms with Gasteiger partial charge in [0.05, 0.1) is 6.07 Å². The van der Waals surface area contributed by atoms with Gasteiger partial charge in [0.1, 0.15) is 0 Å². The van der Waals surface area contributed by atoms with Crippen LogP contribution in [0.4, 0.5) is 0 Å². The van der Waals surface area contributed by atoms with Crippen molar-refractivity contribution >= 4 is 11.9 Å². The van der Waals surface area contributed by atoms with E-state index in [4.69, 9.17) is 15.1 Å². The van der Waals surface area contributed by atoms with Crippen molar-refractivity contribution in [3.05, 3.63) is 0 Å². The summed E-state index contributed by atoms with van der Waals surface area (Å²) in [4.78, 5) is 21.3. The highest BCUT2D eigenvalue weighted by molar-refractivity contribution is 5.70. The van der Waals surface area contributed by atoms with Gasteiger partial charge in [-0.1, -0.05) is 11.8 Å². The minimum Gasteiger partial charge on any atom is -0.481 e. The number of hydrogen-bond donors (Lipinski definition) is 1. The van der Waals surface area contributed by atoms with Crippen LogP contribution in [0.1, 0.15) is 38.5 Å². The van der Waals surface area contributed by atoms with Crippen LogP contribution in [-0.2, 0) is 14.3 Å². The molecule has 92 valence electrons.